The van der Waals surface area contributed by atoms with E-state index in [1.54, 1.807) is 6.92 Å². The second kappa shape index (κ2) is 9.38. The number of rotatable bonds is 6. The fraction of sp³-hybridized carbons (Fsp3) is 0.364. The van der Waals surface area contributed by atoms with Crippen LogP contribution in [-0.2, 0) is 4.79 Å². The highest BCUT2D eigenvalue weighted by molar-refractivity contribution is 5.95. The Morgan fingerprint density at radius 3 is 2.06 bits per heavy atom. The standard InChI is InChI=1S/C22H24F3N3O3/c1-15(21(30)26-18-5-9-20(10-6-18)31-22(23,24)25)27-11-13-28(14-12-27)19-7-3-17(4-8-19)16(2)29/h3-10,15H,11-14H2,1-2H3,(H,26,30)/t15-/m0/s1. The van der Waals surface area contributed by atoms with Crippen molar-refractivity contribution in [3.8, 4) is 5.75 Å². The number of ketones is 1. The van der Waals surface area contributed by atoms with Crippen molar-refractivity contribution in [2.45, 2.75) is 26.3 Å². The van der Waals surface area contributed by atoms with Crippen LogP contribution < -0.4 is 15.0 Å². The van der Waals surface area contributed by atoms with Gasteiger partial charge in [0.2, 0.25) is 5.91 Å². The van der Waals surface area contributed by atoms with Gasteiger partial charge in [-0.2, -0.15) is 0 Å². The summed E-state index contributed by atoms with van der Waals surface area (Å²) in [5.41, 5.74) is 2.10. The zero-order chi connectivity index (χ0) is 22.6. The molecule has 1 saturated heterocycles. The number of amides is 1. The summed E-state index contributed by atoms with van der Waals surface area (Å²) in [6, 6.07) is 12.1. The van der Waals surface area contributed by atoms with Crippen LogP contribution >= 0.6 is 0 Å². The third-order valence-electron chi connectivity index (χ3n) is 5.24. The maximum Gasteiger partial charge on any atom is 0.573 e. The van der Waals surface area contributed by atoms with Gasteiger partial charge in [-0.15, -0.1) is 13.2 Å². The molecule has 0 radical (unpaired) electrons. The van der Waals surface area contributed by atoms with Crippen molar-refractivity contribution >= 4 is 23.1 Å². The molecule has 3 rings (SSSR count). The lowest BCUT2D eigenvalue weighted by molar-refractivity contribution is -0.274. The number of carbonyl (C=O) groups is 2. The number of hydrogen-bond acceptors (Lipinski definition) is 5. The average Bonchev–Trinajstić information content (AvgIpc) is 2.74. The van der Waals surface area contributed by atoms with Crippen LogP contribution in [0.2, 0.25) is 0 Å². The van der Waals surface area contributed by atoms with Crippen LogP contribution in [0.15, 0.2) is 48.5 Å². The smallest absolute Gasteiger partial charge is 0.406 e. The highest BCUT2D eigenvalue weighted by Gasteiger charge is 2.31. The van der Waals surface area contributed by atoms with Crippen molar-refractivity contribution < 1.29 is 27.5 Å². The van der Waals surface area contributed by atoms with Crippen molar-refractivity contribution in [2.24, 2.45) is 0 Å². The molecule has 0 aromatic heterocycles. The van der Waals surface area contributed by atoms with E-state index >= 15 is 0 Å². The Morgan fingerprint density at radius 1 is 0.968 bits per heavy atom. The van der Waals surface area contributed by atoms with Crippen molar-refractivity contribution in [1.82, 2.24) is 4.90 Å². The second-order valence-electron chi connectivity index (χ2n) is 7.36. The Kier molecular flexibility index (Phi) is 6.84. The van der Waals surface area contributed by atoms with E-state index in [1.165, 1.54) is 19.1 Å². The molecule has 0 spiro atoms. The highest BCUT2D eigenvalue weighted by atomic mass is 19.4. The first kappa shape index (κ1) is 22.6. The number of ether oxygens (including phenoxy) is 1. The summed E-state index contributed by atoms with van der Waals surface area (Å²) in [4.78, 5) is 28.2. The Hall–Kier alpha value is -3.07. The Labute approximate surface area is 178 Å². The van der Waals surface area contributed by atoms with E-state index in [2.05, 4.69) is 19.9 Å². The molecule has 0 aliphatic carbocycles. The van der Waals surface area contributed by atoms with Gasteiger partial charge < -0.3 is 15.0 Å². The molecule has 0 unspecified atom stereocenters. The van der Waals surface area contributed by atoms with Gasteiger partial charge in [0.15, 0.2) is 5.78 Å². The molecule has 6 nitrogen and oxygen atoms in total. The molecule has 2 aromatic rings. The predicted octanol–water partition coefficient (Wildman–Crippen LogP) is 3.94. The molecule has 0 saturated carbocycles. The van der Waals surface area contributed by atoms with Crippen LogP contribution in [0.1, 0.15) is 24.2 Å². The van der Waals surface area contributed by atoms with E-state index in [1.807, 2.05) is 24.3 Å². The summed E-state index contributed by atoms with van der Waals surface area (Å²) in [7, 11) is 0. The number of anilines is 2. The first-order valence-electron chi connectivity index (χ1n) is 9.89. The van der Waals surface area contributed by atoms with Crippen LogP contribution in [0.4, 0.5) is 24.5 Å². The number of nitrogens with one attached hydrogen (secondary N) is 1. The molecular weight excluding hydrogens is 411 g/mol. The Bertz CT molecular complexity index is 906. The van der Waals surface area contributed by atoms with Gasteiger partial charge in [0.05, 0.1) is 6.04 Å². The zero-order valence-corrected chi connectivity index (χ0v) is 17.3. The molecule has 1 amide bonds. The quantitative estimate of drug-likeness (QED) is 0.697. The van der Waals surface area contributed by atoms with Gasteiger partial charge in [-0.05, 0) is 62.4 Å². The Morgan fingerprint density at radius 2 is 1.55 bits per heavy atom. The molecule has 9 heteroatoms. The summed E-state index contributed by atoms with van der Waals surface area (Å²) in [6.07, 6.45) is -4.75. The molecule has 1 aliphatic rings. The van der Waals surface area contributed by atoms with Gasteiger partial charge in [-0.1, -0.05) is 0 Å². The number of carbonyl (C=O) groups excluding carboxylic acids is 2. The molecule has 1 heterocycles. The van der Waals surface area contributed by atoms with Crippen LogP contribution in [0.5, 0.6) is 5.75 Å². The maximum absolute atomic E-state index is 12.6. The monoisotopic (exact) mass is 435 g/mol. The topological polar surface area (TPSA) is 61.9 Å². The summed E-state index contributed by atoms with van der Waals surface area (Å²) in [6.45, 7) is 6.17. The van der Waals surface area contributed by atoms with Crippen LogP contribution in [-0.4, -0.2) is 55.2 Å². The zero-order valence-electron chi connectivity index (χ0n) is 17.3. The van der Waals surface area contributed by atoms with Gasteiger partial charge in [0.25, 0.3) is 0 Å². The average molecular weight is 435 g/mol. The number of piperazine rings is 1. The fourth-order valence-electron chi connectivity index (χ4n) is 3.43. The van der Waals surface area contributed by atoms with Crippen LogP contribution in [0.25, 0.3) is 0 Å². The minimum absolute atomic E-state index is 0.0266. The van der Waals surface area contributed by atoms with E-state index in [-0.39, 0.29) is 17.4 Å². The van der Waals surface area contributed by atoms with E-state index in [9.17, 15) is 22.8 Å². The van der Waals surface area contributed by atoms with Crippen molar-refractivity contribution in [3.63, 3.8) is 0 Å². The van der Waals surface area contributed by atoms with Crippen molar-refractivity contribution in [2.75, 3.05) is 36.4 Å². The largest absolute Gasteiger partial charge is 0.573 e. The third-order valence-corrected chi connectivity index (χ3v) is 5.24. The lowest BCUT2D eigenvalue weighted by Gasteiger charge is -2.38. The summed E-state index contributed by atoms with van der Waals surface area (Å²) in [5, 5.41) is 2.73. The number of hydrogen-bond donors (Lipinski definition) is 1. The molecule has 1 aliphatic heterocycles. The van der Waals surface area contributed by atoms with Crippen molar-refractivity contribution in [1.29, 1.82) is 0 Å². The lowest BCUT2D eigenvalue weighted by atomic mass is 10.1. The number of benzene rings is 2. The van der Waals surface area contributed by atoms with Gasteiger partial charge in [0.1, 0.15) is 5.75 Å². The minimum Gasteiger partial charge on any atom is -0.406 e. The molecule has 1 fully saturated rings. The molecule has 1 N–H and O–H groups in total. The summed E-state index contributed by atoms with van der Waals surface area (Å²) in [5.74, 6) is -0.548. The lowest BCUT2D eigenvalue weighted by Crippen LogP contribution is -2.52. The second-order valence-corrected chi connectivity index (χ2v) is 7.36. The first-order valence-corrected chi connectivity index (χ1v) is 9.89. The number of Topliss-reactive ketones (excluding diaryl/α,β-unsaturated/α-hetero) is 1. The molecule has 31 heavy (non-hydrogen) atoms. The van der Waals surface area contributed by atoms with Gasteiger partial charge in [0, 0.05) is 43.1 Å². The highest BCUT2D eigenvalue weighted by Crippen LogP contribution is 2.24. The third kappa shape index (κ3) is 6.21. The van der Waals surface area contributed by atoms with E-state index in [4.69, 9.17) is 0 Å². The van der Waals surface area contributed by atoms with E-state index in [0.29, 0.717) is 24.3 Å². The molecule has 166 valence electrons. The SMILES string of the molecule is CC(=O)c1ccc(N2CCN([C@@H](C)C(=O)Nc3ccc(OC(F)(F)F)cc3)CC2)cc1. The van der Waals surface area contributed by atoms with Crippen LogP contribution in [0.3, 0.4) is 0 Å². The fourth-order valence-corrected chi connectivity index (χ4v) is 3.43. The van der Waals surface area contributed by atoms with Gasteiger partial charge in [-0.3, -0.25) is 14.5 Å². The van der Waals surface area contributed by atoms with Crippen molar-refractivity contribution in [3.05, 3.63) is 54.1 Å². The molecule has 1 atom stereocenters. The van der Waals surface area contributed by atoms with E-state index in [0.717, 1.165) is 30.9 Å². The number of halogens is 3. The minimum atomic E-state index is -4.75. The number of nitrogens with zero attached hydrogens (tertiary/aromatic N) is 2. The maximum atomic E-state index is 12.6. The first-order chi connectivity index (χ1) is 14.6. The normalized spacial score (nSPS) is 16.0. The summed E-state index contributed by atoms with van der Waals surface area (Å²) >= 11 is 0. The molecule has 0 bridgehead atoms. The molecular formula is C22H24F3N3O3. The molecule has 2 aromatic carbocycles. The van der Waals surface area contributed by atoms with Gasteiger partial charge in [-0.25, -0.2) is 0 Å². The predicted molar refractivity (Wildman–Crippen MR) is 111 cm³/mol. The summed E-state index contributed by atoms with van der Waals surface area (Å²) < 4.78 is 40.5. The van der Waals surface area contributed by atoms with Crippen LogP contribution in [0, 0.1) is 0 Å². The van der Waals surface area contributed by atoms with Gasteiger partial charge >= 0.3 is 6.36 Å². The Balaban J connectivity index is 1.51. The number of alkyl halides is 3. The van der Waals surface area contributed by atoms with E-state index < -0.39 is 12.4 Å².